The Labute approximate surface area is 143 Å². The average molecular weight is 381 g/mol. The Kier molecular flexibility index (Phi) is 5.79. The third-order valence-electron chi connectivity index (χ3n) is 3.10. The molecule has 0 saturated carbocycles. The fraction of sp³-hybridized carbons (Fsp3) is 0.462. The summed E-state index contributed by atoms with van der Waals surface area (Å²) in [6.07, 6.45) is -2.43. The molecule has 0 aliphatic heterocycles. The van der Waals surface area contributed by atoms with E-state index in [1.54, 1.807) is 6.92 Å². The van der Waals surface area contributed by atoms with E-state index in [0.717, 1.165) is 8.91 Å². The van der Waals surface area contributed by atoms with Crippen LogP contribution in [-0.2, 0) is 6.54 Å². The molecule has 126 valence electrons. The van der Waals surface area contributed by atoms with Gasteiger partial charge < -0.3 is 4.57 Å². The van der Waals surface area contributed by atoms with Crippen molar-refractivity contribution in [3.05, 3.63) is 23.0 Å². The molecular formula is C13H14F3N3OS3. The molecule has 0 saturated heterocycles. The second kappa shape index (κ2) is 7.27. The van der Waals surface area contributed by atoms with Crippen molar-refractivity contribution in [1.82, 2.24) is 14.8 Å². The van der Waals surface area contributed by atoms with E-state index in [1.807, 2.05) is 6.26 Å². The first-order valence-corrected chi connectivity index (χ1v) is 9.51. The lowest BCUT2D eigenvalue weighted by molar-refractivity contribution is -0.141. The van der Waals surface area contributed by atoms with Gasteiger partial charge in [0.1, 0.15) is 6.54 Å². The lowest BCUT2D eigenvalue weighted by Gasteiger charge is -2.12. The van der Waals surface area contributed by atoms with Gasteiger partial charge in [0.05, 0.1) is 5.75 Å². The fourth-order valence-electron chi connectivity index (χ4n) is 2.05. The first-order chi connectivity index (χ1) is 10.7. The van der Waals surface area contributed by atoms with Gasteiger partial charge in [0, 0.05) is 17.0 Å². The molecular weight excluding hydrogens is 367 g/mol. The van der Waals surface area contributed by atoms with Gasteiger partial charge in [-0.2, -0.15) is 13.2 Å². The van der Waals surface area contributed by atoms with Crippen LogP contribution in [0.4, 0.5) is 13.2 Å². The number of halogens is 3. The summed E-state index contributed by atoms with van der Waals surface area (Å²) in [7, 11) is 0. The molecule has 0 spiro atoms. The van der Waals surface area contributed by atoms with Crippen LogP contribution >= 0.6 is 34.9 Å². The van der Waals surface area contributed by atoms with Crippen molar-refractivity contribution in [2.45, 2.75) is 35.2 Å². The summed E-state index contributed by atoms with van der Waals surface area (Å²) in [6.45, 7) is 2.02. The van der Waals surface area contributed by atoms with E-state index in [1.165, 1.54) is 47.9 Å². The van der Waals surface area contributed by atoms with Gasteiger partial charge in [-0.15, -0.1) is 10.2 Å². The number of hydrogen-bond acceptors (Lipinski definition) is 6. The van der Waals surface area contributed by atoms with Gasteiger partial charge in [0.25, 0.3) is 0 Å². The highest BCUT2D eigenvalue weighted by Crippen LogP contribution is 2.29. The van der Waals surface area contributed by atoms with Crippen molar-refractivity contribution >= 4 is 40.6 Å². The average Bonchev–Trinajstić information content (AvgIpc) is 3.03. The van der Waals surface area contributed by atoms with E-state index >= 15 is 0 Å². The largest absolute Gasteiger partial charge is 0.406 e. The predicted octanol–water partition coefficient (Wildman–Crippen LogP) is 4.22. The van der Waals surface area contributed by atoms with E-state index in [4.69, 9.17) is 0 Å². The maximum absolute atomic E-state index is 12.6. The highest BCUT2D eigenvalue weighted by atomic mass is 32.2. The number of carbonyl (C=O) groups excluding carboxylic acids is 1. The number of ketones is 1. The van der Waals surface area contributed by atoms with E-state index in [9.17, 15) is 18.0 Å². The number of hydrogen-bond donors (Lipinski definition) is 0. The number of carbonyl (C=O) groups is 1. The van der Waals surface area contributed by atoms with Crippen molar-refractivity contribution in [3.8, 4) is 0 Å². The van der Waals surface area contributed by atoms with Gasteiger partial charge in [-0.25, -0.2) is 0 Å². The Hall–Kier alpha value is -1.00. The zero-order valence-corrected chi connectivity index (χ0v) is 15.0. The number of alkyl halides is 3. The topological polar surface area (TPSA) is 47.8 Å². The summed E-state index contributed by atoms with van der Waals surface area (Å²) in [6, 6.07) is 1.51. The number of nitrogens with zero attached hydrogens (tertiary/aromatic N) is 3. The standard InChI is InChI=1S/C13H14F3N3OS3/c1-7-4-9(8(2)19(7)6-13(14,15)16)10(20)5-22-12-18-17-11(21-3)23-12/h4H,5-6H2,1-3H3. The molecule has 0 unspecified atom stereocenters. The molecule has 0 N–H and O–H groups in total. The van der Waals surface area contributed by atoms with E-state index in [0.29, 0.717) is 21.3 Å². The number of Topliss-reactive ketones (excluding diaryl/α,β-unsaturated/α-hetero) is 1. The lowest BCUT2D eigenvalue weighted by atomic mass is 10.2. The van der Waals surface area contributed by atoms with Crippen LogP contribution in [0, 0.1) is 13.8 Å². The third kappa shape index (κ3) is 4.74. The highest BCUT2D eigenvalue weighted by molar-refractivity contribution is 8.03. The van der Waals surface area contributed by atoms with E-state index < -0.39 is 12.7 Å². The van der Waals surface area contributed by atoms with Gasteiger partial charge in [0.2, 0.25) is 0 Å². The van der Waals surface area contributed by atoms with E-state index in [-0.39, 0.29) is 11.5 Å². The maximum Gasteiger partial charge on any atom is 0.406 e. The Morgan fingerprint density at radius 1 is 1.30 bits per heavy atom. The molecule has 0 fully saturated rings. The number of thioether (sulfide) groups is 2. The van der Waals surface area contributed by atoms with Crippen molar-refractivity contribution < 1.29 is 18.0 Å². The summed E-state index contributed by atoms with van der Waals surface area (Å²) in [5.41, 5.74) is 1.09. The molecule has 2 heterocycles. The van der Waals surface area contributed by atoms with Crippen LogP contribution in [0.5, 0.6) is 0 Å². The summed E-state index contributed by atoms with van der Waals surface area (Å²) in [5.74, 6) is -0.0864. The van der Waals surface area contributed by atoms with Crippen molar-refractivity contribution in [2.75, 3.05) is 12.0 Å². The van der Waals surface area contributed by atoms with Gasteiger partial charge in [-0.05, 0) is 26.2 Å². The van der Waals surface area contributed by atoms with Crippen LogP contribution in [-0.4, -0.2) is 38.7 Å². The van der Waals surface area contributed by atoms with Crippen LogP contribution in [0.3, 0.4) is 0 Å². The van der Waals surface area contributed by atoms with E-state index in [2.05, 4.69) is 10.2 Å². The summed E-state index contributed by atoms with van der Waals surface area (Å²) in [4.78, 5) is 12.3. The highest BCUT2D eigenvalue weighted by Gasteiger charge is 2.30. The molecule has 0 atom stereocenters. The van der Waals surface area contributed by atoms with Gasteiger partial charge >= 0.3 is 6.18 Å². The second-order valence-corrected chi connectivity index (χ2v) is 7.99. The molecule has 0 aliphatic carbocycles. The van der Waals surface area contributed by atoms with Crippen molar-refractivity contribution in [1.29, 1.82) is 0 Å². The predicted molar refractivity (Wildman–Crippen MR) is 86.7 cm³/mol. The van der Waals surface area contributed by atoms with Crippen molar-refractivity contribution in [2.24, 2.45) is 0 Å². The molecule has 10 heteroatoms. The molecule has 0 aromatic carbocycles. The third-order valence-corrected chi connectivity index (χ3v) is 6.13. The van der Waals surface area contributed by atoms with Crippen LogP contribution < -0.4 is 0 Å². The van der Waals surface area contributed by atoms with Gasteiger partial charge in [-0.3, -0.25) is 4.79 Å². The van der Waals surface area contributed by atoms with Crippen LogP contribution in [0.25, 0.3) is 0 Å². The number of aromatic nitrogens is 3. The number of aryl methyl sites for hydroxylation is 1. The molecule has 0 radical (unpaired) electrons. The molecule has 0 aliphatic rings. The van der Waals surface area contributed by atoms with Gasteiger partial charge in [0.15, 0.2) is 14.5 Å². The minimum Gasteiger partial charge on any atom is -0.339 e. The second-order valence-electron chi connectivity index (χ2n) is 4.74. The molecule has 2 aromatic heterocycles. The smallest absolute Gasteiger partial charge is 0.339 e. The maximum atomic E-state index is 12.6. The molecule has 23 heavy (non-hydrogen) atoms. The fourth-order valence-corrected chi connectivity index (χ4v) is 4.37. The molecule has 2 rings (SSSR count). The zero-order chi connectivity index (χ0) is 17.2. The molecule has 0 bridgehead atoms. The minimum absolute atomic E-state index is 0.124. The minimum atomic E-state index is -4.32. The first-order valence-electron chi connectivity index (χ1n) is 6.48. The van der Waals surface area contributed by atoms with Crippen LogP contribution in [0.2, 0.25) is 0 Å². The lowest BCUT2D eigenvalue weighted by Crippen LogP contribution is -2.19. The normalized spacial score (nSPS) is 11.9. The Morgan fingerprint density at radius 3 is 2.52 bits per heavy atom. The summed E-state index contributed by atoms with van der Waals surface area (Å²) < 4.78 is 40.4. The summed E-state index contributed by atoms with van der Waals surface area (Å²) >= 11 is 4.11. The molecule has 0 amide bonds. The van der Waals surface area contributed by atoms with Crippen molar-refractivity contribution in [3.63, 3.8) is 0 Å². The van der Waals surface area contributed by atoms with Crippen LogP contribution in [0.1, 0.15) is 21.7 Å². The SMILES string of the molecule is CSc1nnc(SCC(=O)c2cc(C)n(CC(F)(F)F)c2C)s1. The zero-order valence-electron chi connectivity index (χ0n) is 12.6. The first kappa shape index (κ1) is 18.3. The quantitative estimate of drug-likeness (QED) is 0.554. The monoisotopic (exact) mass is 381 g/mol. The van der Waals surface area contributed by atoms with Gasteiger partial charge in [-0.1, -0.05) is 34.9 Å². The number of rotatable bonds is 6. The molecule has 4 nitrogen and oxygen atoms in total. The Bertz CT molecular complexity index is 709. The Balaban J connectivity index is 2.09. The summed E-state index contributed by atoms with van der Waals surface area (Å²) in [5, 5.41) is 7.88. The van der Waals surface area contributed by atoms with Crippen LogP contribution in [0.15, 0.2) is 14.7 Å². The Morgan fingerprint density at radius 2 is 1.96 bits per heavy atom. The molecule has 2 aromatic rings.